The monoisotopic (exact) mass is 412 g/mol. The molecular formula is C24H32N2O4. The number of hydrogen-bond donors (Lipinski definition) is 0. The van der Waals surface area contributed by atoms with Gasteiger partial charge >= 0.3 is 0 Å². The second-order valence-electron chi connectivity index (χ2n) is 7.38. The molecule has 0 unspecified atom stereocenters. The number of benzene rings is 2. The highest BCUT2D eigenvalue weighted by atomic mass is 16.5. The van der Waals surface area contributed by atoms with Gasteiger partial charge in [-0.05, 0) is 23.3 Å². The quantitative estimate of drug-likeness (QED) is 0.599. The van der Waals surface area contributed by atoms with E-state index in [0.717, 1.165) is 44.0 Å². The van der Waals surface area contributed by atoms with Crippen LogP contribution in [0.3, 0.4) is 0 Å². The van der Waals surface area contributed by atoms with Crippen LogP contribution < -0.4 is 9.47 Å². The van der Waals surface area contributed by atoms with Crippen molar-refractivity contribution in [3.63, 3.8) is 0 Å². The first-order valence-corrected chi connectivity index (χ1v) is 10.6. The molecule has 1 aliphatic heterocycles. The van der Waals surface area contributed by atoms with Crippen molar-refractivity contribution in [2.75, 3.05) is 46.5 Å². The maximum atomic E-state index is 12.5. The molecule has 6 heteroatoms. The van der Waals surface area contributed by atoms with Crippen LogP contribution in [0, 0.1) is 0 Å². The molecule has 30 heavy (non-hydrogen) atoms. The van der Waals surface area contributed by atoms with E-state index < -0.39 is 0 Å². The Balaban J connectivity index is 1.66. The van der Waals surface area contributed by atoms with E-state index in [9.17, 15) is 4.79 Å². The van der Waals surface area contributed by atoms with Gasteiger partial charge in [0, 0.05) is 39.1 Å². The zero-order valence-corrected chi connectivity index (χ0v) is 18.0. The molecule has 1 aliphatic rings. The normalized spacial score (nSPS) is 14.3. The molecular weight excluding hydrogens is 380 g/mol. The van der Waals surface area contributed by atoms with Crippen molar-refractivity contribution in [3.05, 3.63) is 59.7 Å². The van der Waals surface area contributed by atoms with Crippen LogP contribution in [0.15, 0.2) is 48.5 Å². The first kappa shape index (κ1) is 22.1. The number of carbonyl (C=O) groups is 1. The summed E-state index contributed by atoms with van der Waals surface area (Å²) in [5.74, 6) is 1.54. The summed E-state index contributed by atoms with van der Waals surface area (Å²) in [6.45, 7) is 7.89. The average molecular weight is 413 g/mol. The maximum Gasteiger partial charge on any atom is 0.222 e. The van der Waals surface area contributed by atoms with Gasteiger partial charge in [-0.25, -0.2) is 0 Å². The van der Waals surface area contributed by atoms with Crippen molar-refractivity contribution in [3.8, 4) is 11.5 Å². The Kier molecular flexibility index (Phi) is 8.53. The Bertz CT molecular complexity index is 791. The molecule has 0 saturated carbocycles. The van der Waals surface area contributed by atoms with Crippen molar-refractivity contribution in [2.45, 2.75) is 26.5 Å². The summed E-state index contributed by atoms with van der Waals surface area (Å²) in [5, 5.41) is 0. The van der Waals surface area contributed by atoms with E-state index in [1.54, 1.807) is 7.11 Å². The average Bonchev–Trinajstić information content (AvgIpc) is 2.81. The van der Waals surface area contributed by atoms with Gasteiger partial charge in [0.1, 0.15) is 6.61 Å². The van der Waals surface area contributed by atoms with E-state index in [2.05, 4.69) is 4.90 Å². The molecule has 2 aromatic carbocycles. The Morgan fingerprint density at radius 2 is 1.83 bits per heavy atom. The van der Waals surface area contributed by atoms with E-state index >= 15 is 0 Å². The minimum atomic E-state index is 0.158. The summed E-state index contributed by atoms with van der Waals surface area (Å²) in [6, 6.07) is 15.9. The topological polar surface area (TPSA) is 51.2 Å². The summed E-state index contributed by atoms with van der Waals surface area (Å²) < 4.78 is 16.9. The van der Waals surface area contributed by atoms with Crippen LogP contribution in [0.5, 0.6) is 11.5 Å². The number of rotatable bonds is 10. The lowest BCUT2D eigenvalue weighted by Crippen LogP contribution is -2.42. The number of morpholine rings is 1. The molecule has 2 aromatic rings. The first-order chi connectivity index (χ1) is 14.7. The standard InChI is InChI=1S/C24H32N2O4/c1-3-24(27)26(12-11-25-13-15-29-16-14-25)18-21-9-10-22(28-2)23(17-21)30-19-20-7-5-4-6-8-20/h4-10,17H,3,11-16,18-19H2,1-2H3. The summed E-state index contributed by atoms with van der Waals surface area (Å²) in [4.78, 5) is 16.8. The molecule has 1 heterocycles. The van der Waals surface area contributed by atoms with Crippen molar-refractivity contribution in [2.24, 2.45) is 0 Å². The number of methoxy groups -OCH3 is 1. The van der Waals surface area contributed by atoms with Crippen molar-refractivity contribution < 1.29 is 19.0 Å². The van der Waals surface area contributed by atoms with Gasteiger partial charge in [-0.15, -0.1) is 0 Å². The molecule has 0 spiro atoms. The highest BCUT2D eigenvalue weighted by molar-refractivity contribution is 5.75. The van der Waals surface area contributed by atoms with Gasteiger partial charge in [-0.1, -0.05) is 43.3 Å². The van der Waals surface area contributed by atoms with Crippen LogP contribution in [0.4, 0.5) is 0 Å². The Morgan fingerprint density at radius 3 is 2.53 bits per heavy atom. The lowest BCUT2D eigenvalue weighted by atomic mass is 10.1. The van der Waals surface area contributed by atoms with E-state index in [4.69, 9.17) is 14.2 Å². The molecule has 6 nitrogen and oxygen atoms in total. The van der Waals surface area contributed by atoms with E-state index in [1.807, 2.05) is 60.4 Å². The smallest absolute Gasteiger partial charge is 0.222 e. The molecule has 1 saturated heterocycles. The van der Waals surface area contributed by atoms with Crippen molar-refractivity contribution in [1.82, 2.24) is 9.80 Å². The molecule has 0 bridgehead atoms. The highest BCUT2D eigenvalue weighted by Gasteiger charge is 2.17. The highest BCUT2D eigenvalue weighted by Crippen LogP contribution is 2.29. The van der Waals surface area contributed by atoms with E-state index in [0.29, 0.717) is 37.6 Å². The third-order valence-electron chi connectivity index (χ3n) is 5.28. The van der Waals surface area contributed by atoms with Crippen LogP contribution in [-0.4, -0.2) is 62.2 Å². The van der Waals surface area contributed by atoms with E-state index in [-0.39, 0.29) is 5.91 Å². The SMILES string of the molecule is CCC(=O)N(CCN1CCOCC1)Cc1ccc(OC)c(OCc2ccccc2)c1. The first-order valence-electron chi connectivity index (χ1n) is 10.6. The van der Waals surface area contributed by atoms with Crippen LogP contribution >= 0.6 is 0 Å². The zero-order valence-electron chi connectivity index (χ0n) is 18.0. The van der Waals surface area contributed by atoms with Crippen molar-refractivity contribution in [1.29, 1.82) is 0 Å². The van der Waals surface area contributed by atoms with Crippen molar-refractivity contribution >= 4 is 5.91 Å². The minimum absolute atomic E-state index is 0.158. The Morgan fingerprint density at radius 1 is 1.07 bits per heavy atom. The molecule has 3 rings (SSSR count). The molecule has 1 amide bonds. The van der Waals surface area contributed by atoms with Crippen LogP contribution in [-0.2, 0) is 22.7 Å². The molecule has 0 aliphatic carbocycles. The number of amides is 1. The number of ether oxygens (including phenoxy) is 3. The zero-order chi connectivity index (χ0) is 21.2. The number of hydrogen-bond acceptors (Lipinski definition) is 5. The van der Waals surface area contributed by atoms with Gasteiger partial charge in [0.25, 0.3) is 0 Å². The van der Waals surface area contributed by atoms with Gasteiger partial charge < -0.3 is 19.1 Å². The Hall–Kier alpha value is -2.57. The Labute approximate surface area is 179 Å². The molecule has 0 atom stereocenters. The fraction of sp³-hybridized carbons (Fsp3) is 0.458. The molecule has 0 radical (unpaired) electrons. The largest absolute Gasteiger partial charge is 0.493 e. The minimum Gasteiger partial charge on any atom is -0.493 e. The molecule has 1 fully saturated rings. The summed E-state index contributed by atoms with van der Waals surface area (Å²) in [7, 11) is 1.64. The van der Waals surface area contributed by atoms with Gasteiger partial charge in [0.2, 0.25) is 5.91 Å². The predicted octanol–water partition coefficient (Wildman–Crippen LogP) is 3.35. The fourth-order valence-corrected chi connectivity index (χ4v) is 3.49. The van der Waals surface area contributed by atoms with Crippen LogP contribution in [0.2, 0.25) is 0 Å². The van der Waals surface area contributed by atoms with Crippen LogP contribution in [0.1, 0.15) is 24.5 Å². The third kappa shape index (κ3) is 6.47. The second-order valence-corrected chi connectivity index (χ2v) is 7.38. The summed E-state index contributed by atoms with van der Waals surface area (Å²) >= 11 is 0. The van der Waals surface area contributed by atoms with Crippen LogP contribution in [0.25, 0.3) is 0 Å². The lowest BCUT2D eigenvalue weighted by molar-refractivity contribution is -0.131. The van der Waals surface area contributed by atoms with Gasteiger partial charge in [-0.2, -0.15) is 0 Å². The molecule has 0 N–H and O–H groups in total. The summed E-state index contributed by atoms with van der Waals surface area (Å²) in [6.07, 6.45) is 0.497. The van der Waals surface area contributed by atoms with Gasteiger partial charge in [-0.3, -0.25) is 9.69 Å². The van der Waals surface area contributed by atoms with Gasteiger partial charge in [0.05, 0.1) is 20.3 Å². The predicted molar refractivity (Wildman–Crippen MR) is 117 cm³/mol. The number of nitrogens with zero attached hydrogens (tertiary/aromatic N) is 2. The fourth-order valence-electron chi connectivity index (χ4n) is 3.49. The van der Waals surface area contributed by atoms with E-state index in [1.165, 1.54) is 0 Å². The van der Waals surface area contributed by atoms with Gasteiger partial charge in [0.15, 0.2) is 11.5 Å². The summed E-state index contributed by atoms with van der Waals surface area (Å²) in [5.41, 5.74) is 2.13. The second kappa shape index (κ2) is 11.6. The molecule has 162 valence electrons. The number of carbonyl (C=O) groups excluding carboxylic acids is 1. The lowest BCUT2D eigenvalue weighted by Gasteiger charge is -2.30. The molecule has 0 aromatic heterocycles. The maximum absolute atomic E-state index is 12.5. The third-order valence-corrected chi connectivity index (χ3v) is 5.28.